The predicted octanol–water partition coefficient (Wildman–Crippen LogP) is 4.93. The van der Waals surface area contributed by atoms with Crippen LogP contribution in [0, 0.1) is 10.1 Å². The SMILES string of the molecule is CCCc1cc(=O)oc2cc(OC(=O)C=Cc3ccc(Cl)c([N+](=O)[O-])c3)ccc12. The number of esters is 1. The summed E-state index contributed by atoms with van der Waals surface area (Å²) < 4.78 is 10.4. The van der Waals surface area contributed by atoms with Crippen LogP contribution >= 0.6 is 11.6 Å². The molecular formula is C21H16ClNO6. The summed E-state index contributed by atoms with van der Waals surface area (Å²) in [6.07, 6.45) is 4.13. The molecule has 29 heavy (non-hydrogen) atoms. The van der Waals surface area contributed by atoms with Crippen LogP contribution in [-0.2, 0) is 11.2 Å². The molecular weight excluding hydrogens is 398 g/mol. The molecule has 0 fully saturated rings. The van der Waals surface area contributed by atoms with E-state index in [1.165, 1.54) is 30.3 Å². The lowest BCUT2D eigenvalue weighted by Gasteiger charge is -2.06. The van der Waals surface area contributed by atoms with Crippen molar-refractivity contribution in [1.82, 2.24) is 0 Å². The van der Waals surface area contributed by atoms with E-state index in [1.807, 2.05) is 6.92 Å². The summed E-state index contributed by atoms with van der Waals surface area (Å²) in [7, 11) is 0. The molecule has 0 aliphatic carbocycles. The van der Waals surface area contributed by atoms with Crippen molar-refractivity contribution in [3.8, 4) is 5.75 Å². The van der Waals surface area contributed by atoms with Gasteiger partial charge in [0.1, 0.15) is 16.4 Å². The number of halogens is 1. The molecule has 0 saturated carbocycles. The van der Waals surface area contributed by atoms with E-state index in [4.69, 9.17) is 20.8 Å². The lowest BCUT2D eigenvalue weighted by molar-refractivity contribution is -0.384. The standard InChI is InChI=1S/C21H16ClNO6/c1-2-3-14-11-21(25)29-19-12-15(6-7-16(14)19)28-20(24)9-5-13-4-8-17(22)18(10-13)23(26)27/h4-12H,2-3H2,1H3. The number of hydrogen-bond donors (Lipinski definition) is 0. The van der Waals surface area contributed by atoms with E-state index >= 15 is 0 Å². The first-order valence-corrected chi connectivity index (χ1v) is 9.16. The average Bonchev–Trinajstić information content (AvgIpc) is 2.67. The van der Waals surface area contributed by atoms with Gasteiger partial charge in [-0.05, 0) is 41.8 Å². The molecule has 0 aliphatic rings. The zero-order chi connectivity index (χ0) is 21.0. The van der Waals surface area contributed by atoms with Gasteiger partial charge >= 0.3 is 11.6 Å². The van der Waals surface area contributed by atoms with Crippen LogP contribution in [0.25, 0.3) is 17.0 Å². The Morgan fingerprint density at radius 3 is 2.76 bits per heavy atom. The maximum absolute atomic E-state index is 12.1. The lowest BCUT2D eigenvalue weighted by Crippen LogP contribution is -2.05. The topological polar surface area (TPSA) is 99.7 Å². The highest BCUT2D eigenvalue weighted by Crippen LogP contribution is 2.26. The second kappa shape index (κ2) is 8.70. The molecule has 2 aromatic carbocycles. The quantitative estimate of drug-likeness (QED) is 0.142. The Hall–Kier alpha value is -3.45. The van der Waals surface area contributed by atoms with E-state index in [2.05, 4.69) is 0 Å². The number of carbonyl (C=O) groups excluding carboxylic acids is 1. The van der Waals surface area contributed by atoms with Crippen molar-refractivity contribution < 1.29 is 18.9 Å². The molecule has 0 radical (unpaired) electrons. The minimum absolute atomic E-state index is 0.00910. The van der Waals surface area contributed by atoms with Gasteiger partial charge in [0.15, 0.2) is 0 Å². The van der Waals surface area contributed by atoms with Crippen LogP contribution in [0.3, 0.4) is 0 Å². The smallest absolute Gasteiger partial charge is 0.336 e. The van der Waals surface area contributed by atoms with Crippen molar-refractivity contribution in [2.75, 3.05) is 0 Å². The summed E-state index contributed by atoms with van der Waals surface area (Å²) in [6.45, 7) is 2.01. The number of ether oxygens (including phenoxy) is 1. The third-order valence-corrected chi connectivity index (χ3v) is 4.44. The van der Waals surface area contributed by atoms with Gasteiger partial charge in [-0.15, -0.1) is 0 Å². The summed E-state index contributed by atoms with van der Waals surface area (Å²) in [6, 6.07) is 10.5. The van der Waals surface area contributed by atoms with Gasteiger partial charge in [-0.3, -0.25) is 10.1 Å². The second-order valence-corrected chi connectivity index (χ2v) is 6.63. The Labute approximate surface area is 170 Å². The minimum atomic E-state index is -0.686. The van der Waals surface area contributed by atoms with Gasteiger partial charge in [-0.1, -0.05) is 31.0 Å². The summed E-state index contributed by atoms with van der Waals surface area (Å²) in [5.74, 6) is -0.472. The van der Waals surface area contributed by atoms with E-state index in [0.29, 0.717) is 11.1 Å². The van der Waals surface area contributed by atoms with Gasteiger partial charge in [-0.25, -0.2) is 9.59 Å². The highest BCUT2D eigenvalue weighted by atomic mass is 35.5. The van der Waals surface area contributed by atoms with Gasteiger partial charge in [0.2, 0.25) is 0 Å². The van der Waals surface area contributed by atoms with Gasteiger partial charge in [-0.2, -0.15) is 0 Å². The molecule has 148 valence electrons. The van der Waals surface area contributed by atoms with Gasteiger partial charge < -0.3 is 9.15 Å². The average molecular weight is 414 g/mol. The molecule has 3 rings (SSSR count). The van der Waals surface area contributed by atoms with Crippen molar-refractivity contribution in [2.45, 2.75) is 19.8 Å². The third-order valence-electron chi connectivity index (χ3n) is 4.12. The number of rotatable bonds is 6. The van der Waals surface area contributed by atoms with Crippen LogP contribution < -0.4 is 10.4 Å². The number of nitro benzene ring substituents is 1. The van der Waals surface area contributed by atoms with Crippen LogP contribution in [0.15, 0.2) is 57.8 Å². The van der Waals surface area contributed by atoms with Crippen LogP contribution in [-0.4, -0.2) is 10.9 Å². The van der Waals surface area contributed by atoms with Crippen LogP contribution in [0.1, 0.15) is 24.5 Å². The Kier molecular flexibility index (Phi) is 6.09. The molecule has 0 bridgehead atoms. The molecule has 0 unspecified atom stereocenters. The minimum Gasteiger partial charge on any atom is -0.423 e. The molecule has 0 saturated heterocycles. The van der Waals surface area contributed by atoms with Crippen molar-refractivity contribution in [2.24, 2.45) is 0 Å². The molecule has 8 heteroatoms. The molecule has 1 heterocycles. The number of hydrogen-bond acceptors (Lipinski definition) is 6. The summed E-state index contributed by atoms with van der Waals surface area (Å²) >= 11 is 5.76. The summed E-state index contributed by atoms with van der Waals surface area (Å²) in [5, 5.41) is 11.7. The van der Waals surface area contributed by atoms with E-state index in [0.717, 1.165) is 29.9 Å². The number of fused-ring (bicyclic) bond motifs is 1. The first-order chi connectivity index (χ1) is 13.9. The molecule has 0 aliphatic heterocycles. The summed E-state index contributed by atoms with van der Waals surface area (Å²) in [4.78, 5) is 34.1. The maximum atomic E-state index is 12.1. The maximum Gasteiger partial charge on any atom is 0.336 e. The fourth-order valence-corrected chi connectivity index (χ4v) is 3.02. The van der Waals surface area contributed by atoms with E-state index < -0.39 is 16.5 Å². The highest BCUT2D eigenvalue weighted by Gasteiger charge is 2.12. The number of nitro groups is 1. The first-order valence-electron chi connectivity index (χ1n) is 8.78. The predicted molar refractivity (Wildman–Crippen MR) is 109 cm³/mol. The molecule has 0 amide bonds. The normalized spacial score (nSPS) is 11.1. The van der Waals surface area contributed by atoms with Crippen molar-refractivity contribution in [3.05, 3.63) is 85.2 Å². The molecule has 7 nitrogen and oxygen atoms in total. The molecule has 0 atom stereocenters. The monoisotopic (exact) mass is 413 g/mol. The molecule has 0 N–H and O–H groups in total. The van der Waals surface area contributed by atoms with Gasteiger partial charge in [0, 0.05) is 29.7 Å². The van der Waals surface area contributed by atoms with Gasteiger partial charge in [0.05, 0.1) is 4.92 Å². The Bertz CT molecular complexity index is 1180. The third kappa shape index (κ3) is 4.89. The van der Waals surface area contributed by atoms with Crippen LogP contribution in [0.4, 0.5) is 5.69 Å². The zero-order valence-corrected chi connectivity index (χ0v) is 16.1. The first kappa shape index (κ1) is 20.3. The summed E-state index contributed by atoms with van der Waals surface area (Å²) in [5.41, 5.74) is 0.916. The van der Waals surface area contributed by atoms with Crippen molar-refractivity contribution >= 4 is 40.3 Å². The largest absolute Gasteiger partial charge is 0.423 e. The number of aryl methyl sites for hydroxylation is 1. The van der Waals surface area contributed by atoms with E-state index in [9.17, 15) is 19.7 Å². The second-order valence-electron chi connectivity index (χ2n) is 6.22. The zero-order valence-electron chi connectivity index (χ0n) is 15.4. The molecule has 1 aromatic heterocycles. The number of nitrogens with zero attached hydrogens (tertiary/aromatic N) is 1. The molecule has 3 aromatic rings. The Balaban J connectivity index is 1.79. The highest BCUT2D eigenvalue weighted by molar-refractivity contribution is 6.32. The Morgan fingerprint density at radius 2 is 2.03 bits per heavy atom. The lowest BCUT2D eigenvalue weighted by atomic mass is 10.1. The van der Waals surface area contributed by atoms with Crippen LogP contribution in [0.2, 0.25) is 5.02 Å². The van der Waals surface area contributed by atoms with Crippen LogP contribution in [0.5, 0.6) is 5.75 Å². The Morgan fingerprint density at radius 1 is 1.24 bits per heavy atom. The number of benzene rings is 2. The fourth-order valence-electron chi connectivity index (χ4n) is 2.84. The fraction of sp³-hybridized carbons (Fsp3) is 0.143. The van der Waals surface area contributed by atoms with Gasteiger partial charge in [0.25, 0.3) is 5.69 Å². The van der Waals surface area contributed by atoms with Crippen molar-refractivity contribution in [3.63, 3.8) is 0 Å². The van der Waals surface area contributed by atoms with E-state index in [-0.39, 0.29) is 16.5 Å². The van der Waals surface area contributed by atoms with Crippen molar-refractivity contribution in [1.29, 1.82) is 0 Å². The number of carbonyl (C=O) groups is 1. The van der Waals surface area contributed by atoms with E-state index in [1.54, 1.807) is 18.2 Å². The molecule has 0 spiro atoms.